The lowest BCUT2D eigenvalue weighted by Crippen LogP contribution is -2.47. The predicted molar refractivity (Wildman–Crippen MR) is 106 cm³/mol. The lowest BCUT2D eigenvalue weighted by molar-refractivity contribution is 0.132. The second-order valence-corrected chi connectivity index (χ2v) is 6.02. The standard InChI is InChI=1S/C20H26N2O3.ClH/c1-23-16-7-9-17(10-8-16)25-14-13-22-12-11-21-15-19(22)18-5-3-4-6-20(18)24-2;/h3-10,19,21H,11-15H2,1-2H3;1H. The number of para-hydroxylation sites is 1. The Labute approximate surface area is 161 Å². The van der Waals surface area contributed by atoms with Crippen LogP contribution >= 0.6 is 12.4 Å². The third-order valence-corrected chi connectivity index (χ3v) is 4.56. The van der Waals surface area contributed by atoms with E-state index in [2.05, 4.69) is 22.3 Å². The summed E-state index contributed by atoms with van der Waals surface area (Å²) in [5, 5.41) is 3.48. The Hall–Kier alpha value is -1.95. The van der Waals surface area contributed by atoms with Gasteiger partial charge in [0.2, 0.25) is 0 Å². The molecule has 0 saturated carbocycles. The number of benzene rings is 2. The number of piperazine rings is 1. The Bertz CT molecular complexity index is 666. The first-order valence-electron chi connectivity index (χ1n) is 8.66. The summed E-state index contributed by atoms with van der Waals surface area (Å²) >= 11 is 0. The van der Waals surface area contributed by atoms with E-state index in [1.54, 1.807) is 14.2 Å². The van der Waals surface area contributed by atoms with Gasteiger partial charge in [0.15, 0.2) is 0 Å². The van der Waals surface area contributed by atoms with Crippen molar-refractivity contribution in [3.05, 3.63) is 54.1 Å². The molecule has 0 aromatic heterocycles. The highest BCUT2D eigenvalue weighted by Crippen LogP contribution is 2.30. The normalized spacial score (nSPS) is 17.2. The van der Waals surface area contributed by atoms with E-state index in [1.165, 1.54) is 5.56 Å². The van der Waals surface area contributed by atoms with Gasteiger partial charge >= 0.3 is 0 Å². The lowest BCUT2D eigenvalue weighted by atomic mass is 10.0. The summed E-state index contributed by atoms with van der Waals surface area (Å²) in [6.45, 7) is 4.43. The van der Waals surface area contributed by atoms with Gasteiger partial charge in [-0.25, -0.2) is 0 Å². The molecular weight excluding hydrogens is 352 g/mol. The first kappa shape index (κ1) is 20.4. The fraction of sp³-hybridized carbons (Fsp3) is 0.400. The van der Waals surface area contributed by atoms with Gasteiger partial charge in [0.05, 0.1) is 20.3 Å². The number of ether oxygens (including phenoxy) is 3. The van der Waals surface area contributed by atoms with Gasteiger partial charge < -0.3 is 19.5 Å². The molecule has 2 aromatic rings. The summed E-state index contributed by atoms with van der Waals surface area (Å²) in [6, 6.07) is 16.3. The highest BCUT2D eigenvalue weighted by molar-refractivity contribution is 5.85. The number of rotatable bonds is 7. The molecule has 2 aromatic carbocycles. The van der Waals surface area contributed by atoms with Gasteiger partial charge in [-0.1, -0.05) is 18.2 Å². The number of nitrogens with zero attached hydrogens (tertiary/aromatic N) is 1. The maximum Gasteiger partial charge on any atom is 0.123 e. The van der Waals surface area contributed by atoms with Crippen LogP contribution in [0.4, 0.5) is 0 Å². The van der Waals surface area contributed by atoms with Crippen LogP contribution in [0.5, 0.6) is 17.2 Å². The molecule has 1 heterocycles. The Morgan fingerprint density at radius 3 is 2.46 bits per heavy atom. The quantitative estimate of drug-likeness (QED) is 0.801. The fourth-order valence-corrected chi connectivity index (χ4v) is 3.22. The minimum Gasteiger partial charge on any atom is -0.497 e. The number of halogens is 1. The maximum atomic E-state index is 5.90. The average Bonchev–Trinajstić information content (AvgIpc) is 2.69. The molecule has 26 heavy (non-hydrogen) atoms. The van der Waals surface area contributed by atoms with Crippen LogP contribution in [0.25, 0.3) is 0 Å². The summed E-state index contributed by atoms with van der Waals surface area (Å²) in [4.78, 5) is 2.46. The maximum absolute atomic E-state index is 5.90. The van der Waals surface area contributed by atoms with Gasteiger partial charge in [0.1, 0.15) is 23.9 Å². The second kappa shape index (κ2) is 10.3. The van der Waals surface area contributed by atoms with E-state index >= 15 is 0 Å². The second-order valence-electron chi connectivity index (χ2n) is 6.02. The molecule has 3 rings (SSSR count). The van der Waals surface area contributed by atoms with Crippen LogP contribution < -0.4 is 19.5 Å². The van der Waals surface area contributed by atoms with E-state index < -0.39 is 0 Å². The van der Waals surface area contributed by atoms with Crippen molar-refractivity contribution in [1.29, 1.82) is 0 Å². The molecule has 1 fully saturated rings. The van der Waals surface area contributed by atoms with E-state index in [0.29, 0.717) is 12.6 Å². The molecule has 0 amide bonds. The summed E-state index contributed by atoms with van der Waals surface area (Å²) in [7, 11) is 3.39. The summed E-state index contributed by atoms with van der Waals surface area (Å²) in [5.74, 6) is 2.65. The highest BCUT2D eigenvalue weighted by atomic mass is 35.5. The zero-order chi connectivity index (χ0) is 17.5. The van der Waals surface area contributed by atoms with Crippen LogP contribution in [-0.4, -0.2) is 51.9 Å². The highest BCUT2D eigenvalue weighted by Gasteiger charge is 2.25. The zero-order valence-corrected chi connectivity index (χ0v) is 16.1. The number of nitrogens with one attached hydrogen (secondary N) is 1. The third-order valence-electron chi connectivity index (χ3n) is 4.56. The topological polar surface area (TPSA) is 43.0 Å². The van der Waals surface area contributed by atoms with Gasteiger partial charge in [0, 0.05) is 31.7 Å². The molecule has 1 unspecified atom stereocenters. The largest absolute Gasteiger partial charge is 0.497 e. The Morgan fingerprint density at radius 1 is 1.00 bits per heavy atom. The fourth-order valence-electron chi connectivity index (χ4n) is 3.22. The molecular formula is C20H27ClN2O3. The Morgan fingerprint density at radius 2 is 1.73 bits per heavy atom. The molecule has 1 N–H and O–H groups in total. The minimum absolute atomic E-state index is 0. The molecule has 0 radical (unpaired) electrons. The van der Waals surface area contributed by atoms with Crippen LogP contribution in [0.1, 0.15) is 11.6 Å². The number of hydrogen-bond donors (Lipinski definition) is 1. The van der Waals surface area contributed by atoms with Gasteiger partial charge in [-0.15, -0.1) is 12.4 Å². The van der Waals surface area contributed by atoms with E-state index in [-0.39, 0.29) is 12.4 Å². The van der Waals surface area contributed by atoms with Crippen molar-refractivity contribution in [2.24, 2.45) is 0 Å². The van der Waals surface area contributed by atoms with Crippen molar-refractivity contribution >= 4 is 12.4 Å². The van der Waals surface area contributed by atoms with Crippen molar-refractivity contribution in [2.45, 2.75) is 6.04 Å². The molecule has 142 valence electrons. The van der Waals surface area contributed by atoms with Gasteiger partial charge in [-0.3, -0.25) is 4.90 Å². The third kappa shape index (κ3) is 5.04. The first-order valence-corrected chi connectivity index (χ1v) is 8.66. The van der Waals surface area contributed by atoms with Crippen molar-refractivity contribution in [2.75, 3.05) is 47.0 Å². The van der Waals surface area contributed by atoms with E-state index in [0.717, 1.165) is 43.4 Å². The molecule has 0 bridgehead atoms. The van der Waals surface area contributed by atoms with E-state index in [4.69, 9.17) is 14.2 Å². The van der Waals surface area contributed by atoms with Crippen molar-refractivity contribution in [3.63, 3.8) is 0 Å². The SMILES string of the molecule is COc1ccc(OCCN2CCNCC2c2ccccc2OC)cc1.Cl. The Kier molecular flexibility index (Phi) is 8.04. The molecule has 1 aliphatic heterocycles. The molecule has 0 spiro atoms. The molecule has 5 nitrogen and oxygen atoms in total. The number of methoxy groups -OCH3 is 2. The summed E-state index contributed by atoms with van der Waals surface area (Å²) in [5.41, 5.74) is 1.22. The van der Waals surface area contributed by atoms with Crippen molar-refractivity contribution in [3.8, 4) is 17.2 Å². The summed E-state index contributed by atoms with van der Waals surface area (Å²) in [6.07, 6.45) is 0. The smallest absolute Gasteiger partial charge is 0.123 e. The molecule has 6 heteroatoms. The number of hydrogen-bond acceptors (Lipinski definition) is 5. The van der Waals surface area contributed by atoms with E-state index in [9.17, 15) is 0 Å². The van der Waals surface area contributed by atoms with Crippen LogP contribution in [0.15, 0.2) is 48.5 Å². The van der Waals surface area contributed by atoms with Crippen LogP contribution in [0.2, 0.25) is 0 Å². The van der Waals surface area contributed by atoms with Gasteiger partial charge in [0.25, 0.3) is 0 Å². The molecule has 1 saturated heterocycles. The van der Waals surface area contributed by atoms with Crippen molar-refractivity contribution in [1.82, 2.24) is 10.2 Å². The average molecular weight is 379 g/mol. The van der Waals surface area contributed by atoms with Crippen LogP contribution in [0.3, 0.4) is 0 Å². The van der Waals surface area contributed by atoms with Crippen LogP contribution in [-0.2, 0) is 0 Å². The lowest BCUT2D eigenvalue weighted by Gasteiger charge is -2.36. The van der Waals surface area contributed by atoms with Crippen molar-refractivity contribution < 1.29 is 14.2 Å². The van der Waals surface area contributed by atoms with Crippen LogP contribution in [0, 0.1) is 0 Å². The monoisotopic (exact) mass is 378 g/mol. The van der Waals surface area contributed by atoms with Gasteiger partial charge in [-0.05, 0) is 30.3 Å². The van der Waals surface area contributed by atoms with Gasteiger partial charge in [-0.2, -0.15) is 0 Å². The minimum atomic E-state index is 0. The van der Waals surface area contributed by atoms with E-state index in [1.807, 2.05) is 36.4 Å². The summed E-state index contributed by atoms with van der Waals surface area (Å²) < 4.78 is 16.6. The Balaban J connectivity index is 0.00000243. The first-order chi connectivity index (χ1) is 12.3. The predicted octanol–water partition coefficient (Wildman–Crippen LogP) is 3.15. The molecule has 1 atom stereocenters. The zero-order valence-electron chi connectivity index (χ0n) is 15.3. The molecule has 0 aliphatic carbocycles. The molecule has 1 aliphatic rings.